The standard InChI is InChI=1S/C28H21N5O/c1-16-8-10-19(14-17(16)2)33(3)28(34)18-9-11-22-23(15-18)32-27-21-7-5-13-30-25(21)24-20(26(27)31-22)6-4-12-29-24/h4-15H,1-3H3. The summed E-state index contributed by atoms with van der Waals surface area (Å²) in [4.78, 5) is 34.0. The van der Waals surface area contributed by atoms with Crippen LogP contribution in [0.2, 0.25) is 0 Å². The molecule has 0 saturated carbocycles. The number of benzene rings is 3. The lowest BCUT2D eigenvalue weighted by atomic mass is 10.1. The number of hydrogen-bond acceptors (Lipinski definition) is 5. The molecule has 6 rings (SSSR count). The number of amides is 1. The van der Waals surface area contributed by atoms with Gasteiger partial charge in [-0.1, -0.05) is 6.07 Å². The molecule has 0 fully saturated rings. The van der Waals surface area contributed by atoms with Crippen molar-refractivity contribution in [1.82, 2.24) is 19.9 Å². The van der Waals surface area contributed by atoms with Crippen LogP contribution in [0.5, 0.6) is 0 Å². The maximum Gasteiger partial charge on any atom is 0.258 e. The highest BCUT2D eigenvalue weighted by Crippen LogP contribution is 2.32. The fourth-order valence-corrected chi connectivity index (χ4v) is 4.38. The molecule has 0 spiro atoms. The number of fused-ring (bicyclic) bond motifs is 7. The van der Waals surface area contributed by atoms with Gasteiger partial charge in [0.05, 0.1) is 33.1 Å². The van der Waals surface area contributed by atoms with Gasteiger partial charge in [-0.05, 0) is 79.6 Å². The van der Waals surface area contributed by atoms with Gasteiger partial charge in [0.25, 0.3) is 5.91 Å². The number of aryl methyl sites for hydroxylation is 2. The Morgan fingerprint density at radius 2 is 1.35 bits per heavy atom. The molecule has 0 atom stereocenters. The van der Waals surface area contributed by atoms with E-state index < -0.39 is 0 Å². The zero-order valence-electron chi connectivity index (χ0n) is 19.1. The normalized spacial score (nSPS) is 11.5. The van der Waals surface area contributed by atoms with Crippen LogP contribution in [0.25, 0.3) is 43.9 Å². The van der Waals surface area contributed by atoms with Crippen molar-refractivity contribution in [3.8, 4) is 0 Å². The van der Waals surface area contributed by atoms with Gasteiger partial charge < -0.3 is 4.90 Å². The first-order chi connectivity index (χ1) is 16.5. The average molecular weight is 444 g/mol. The van der Waals surface area contributed by atoms with Crippen LogP contribution in [0, 0.1) is 13.8 Å². The van der Waals surface area contributed by atoms with Crippen LogP contribution in [-0.2, 0) is 0 Å². The molecular weight excluding hydrogens is 422 g/mol. The molecule has 0 aliphatic heterocycles. The molecule has 1 amide bonds. The van der Waals surface area contributed by atoms with Crippen LogP contribution in [-0.4, -0.2) is 32.9 Å². The number of anilines is 1. The Bertz CT molecular complexity index is 1780. The first-order valence-corrected chi connectivity index (χ1v) is 11.1. The smallest absolute Gasteiger partial charge is 0.258 e. The molecule has 6 nitrogen and oxygen atoms in total. The van der Waals surface area contributed by atoms with E-state index in [1.807, 2.05) is 67.6 Å². The van der Waals surface area contributed by atoms with Gasteiger partial charge in [0, 0.05) is 41.5 Å². The van der Waals surface area contributed by atoms with Crippen molar-refractivity contribution in [3.05, 3.63) is 89.7 Å². The molecule has 0 N–H and O–H groups in total. The van der Waals surface area contributed by atoms with Gasteiger partial charge in [-0.2, -0.15) is 0 Å². The van der Waals surface area contributed by atoms with Crippen LogP contribution in [0.1, 0.15) is 21.5 Å². The topological polar surface area (TPSA) is 71.9 Å². The minimum Gasteiger partial charge on any atom is -0.311 e. The summed E-state index contributed by atoms with van der Waals surface area (Å²) in [5.41, 5.74) is 8.29. The van der Waals surface area contributed by atoms with Crippen molar-refractivity contribution in [2.75, 3.05) is 11.9 Å². The largest absolute Gasteiger partial charge is 0.311 e. The summed E-state index contributed by atoms with van der Waals surface area (Å²) in [6.07, 6.45) is 3.52. The quantitative estimate of drug-likeness (QED) is 0.251. The molecule has 6 heteroatoms. The summed E-state index contributed by atoms with van der Waals surface area (Å²) in [6, 6.07) is 19.3. The number of pyridine rings is 2. The Labute approximate surface area is 195 Å². The number of rotatable bonds is 2. The van der Waals surface area contributed by atoms with E-state index in [1.165, 1.54) is 5.56 Å². The first kappa shape index (κ1) is 20.2. The number of nitrogens with zero attached hydrogens (tertiary/aromatic N) is 5. The monoisotopic (exact) mass is 443 g/mol. The fourth-order valence-electron chi connectivity index (χ4n) is 4.38. The summed E-state index contributed by atoms with van der Waals surface area (Å²) in [5.74, 6) is -0.0960. The van der Waals surface area contributed by atoms with Crippen molar-refractivity contribution >= 4 is 55.5 Å². The van der Waals surface area contributed by atoms with Crippen molar-refractivity contribution < 1.29 is 4.79 Å². The van der Waals surface area contributed by atoms with Crippen LogP contribution in [0.3, 0.4) is 0 Å². The third kappa shape index (κ3) is 3.07. The van der Waals surface area contributed by atoms with Gasteiger partial charge in [0.2, 0.25) is 0 Å². The molecule has 0 saturated heterocycles. The van der Waals surface area contributed by atoms with E-state index in [-0.39, 0.29) is 5.91 Å². The predicted molar refractivity (Wildman–Crippen MR) is 136 cm³/mol. The van der Waals surface area contributed by atoms with Crippen molar-refractivity contribution in [1.29, 1.82) is 0 Å². The second kappa shape index (κ2) is 7.56. The lowest BCUT2D eigenvalue weighted by Gasteiger charge is -2.19. The Morgan fingerprint density at radius 3 is 2.00 bits per heavy atom. The molecule has 0 bridgehead atoms. The molecule has 6 aromatic rings. The van der Waals surface area contributed by atoms with Crippen molar-refractivity contribution in [2.45, 2.75) is 13.8 Å². The minimum absolute atomic E-state index is 0.0960. The Hall–Kier alpha value is -4.45. The predicted octanol–water partition coefficient (Wildman–Crippen LogP) is 5.77. The van der Waals surface area contributed by atoms with Gasteiger partial charge in [0.15, 0.2) is 0 Å². The van der Waals surface area contributed by atoms with E-state index >= 15 is 0 Å². The molecule has 3 heterocycles. The van der Waals surface area contributed by atoms with E-state index in [0.717, 1.165) is 49.6 Å². The molecule has 0 aliphatic carbocycles. The third-order valence-corrected chi connectivity index (χ3v) is 6.44. The van der Waals surface area contributed by atoms with Gasteiger partial charge in [-0.15, -0.1) is 0 Å². The lowest BCUT2D eigenvalue weighted by molar-refractivity contribution is 0.0993. The first-order valence-electron chi connectivity index (χ1n) is 11.1. The Balaban J connectivity index is 1.53. The third-order valence-electron chi connectivity index (χ3n) is 6.44. The molecule has 34 heavy (non-hydrogen) atoms. The fraction of sp³-hybridized carbons (Fsp3) is 0.107. The van der Waals surface area contributed by atoms with E-state index in [9.17, 15) is 4.79 Å². The van der Waals surface area contributed by atoms with Crippen molar-refractivity contribution in [3.63, 3.8) is 0 Å². The van der Waals surface area contributed by atoms with Gasteiger partial charge in [0.1, 0.15) is 0 Å². The van der Waals surface area contributed by atoms with Crippen LogP contribution < -0.4 is 4.90 Å². The molecule has 3 aromatic carbocycles. The zero-order chi connectivity index (χ0) is 23.4. The van der Waals surface area contributed by atoms with Crippen molar-refractivity contribution in [2.24, 2.45) is 0 Å². The molecular formula is C28H21N5O. The van der Waals surface area contributed by atoms with Crippen LogP contribution >= 0.6 is 0 Å². The van der Waals surface area contributed by atoms with E-state index in [0.29, 0.717) is 11.1 Å². The summed E-state index contributed by atoms with van der Waals surface area (Å²) >= 11 is 0. The summed E-state index contributed by atoms with van der Waals surface area (Å²) in [7, 11) is 1.79. The molecule has 0 radical (unpaired) electrons. The second-order valence-corrected chi connectivity index (χ2v) is 8.56. The minimum atomic E-state index is -0.0960. The second-order valence-electron chi connectivity index (χ2n) is 8.56. The number of aromatic nitrogens is 4. The average Bonchev–Trinajstić information content (AvgIpc) is 2.88. The summed E-state index contributed by atoms with van der Waals surface area (Å²) in [5, 5.41) is 1.80. The molecule has 164 valence electrons. The molecule has 0 aliphatic rings. The summed E-state index contributed by atoms with van der Waals surface area (Å²) in [6.45, 7) is 4.11. The highest BCUT2D eigenvalue weighted by molar-refractivity contribution is 6.21. The Morgan fingerprint density at radius 1 is 0.706 bits per heavy atom. The Kier molecular flexibility index (Phi) is 4.48. The van der Waals surface area contributed by atoms with Gasteiger partial charge in [-0.3, -0.25) is 14.8 Å². The van der Waals surface area contributed by atoms with E-state index in [1.54, 1.807) is 24.3 Å². The highest BCUT2D eigenvalue weighted by atomic mass is 16.2. The van der Waals surface area contributed by atoms with E-state index in [4.69, 9.17) is 9.97 Å². The zero-order valence-corrected chi connectivity index (χ0v) is 19.1. The molecule has 3 aromatic heterocycles. The van der Waals surface area contributed by atoms with E-state index in [2.05, 4.69) is 16.9 Å². The number of carbonyl (C=O) groups is 1. The maximum atomic E-state index is 13.3. The SMILES string of the molecule is Cc1ccc(N(C)C(=O)c2ccc3nc4c5cccnc5c5ncccc5c4nc3c2)cc1C. The number of carbonyl (C=O) groups excluding carboxylic acids is 1. The maximum absolute atomic E-state index is 13.3. The lowest BCUT2D eigenvalue weighted by Crippen LogP contribution is -2.26. The van der Waals surface area contributed by atoms with Gasteiger partial charge >= 0.3 is 0 Å². The highest BCUT2D eigenvalue weighted by Gasteiger charge is 2.17. The van der Waals surface area contributed by atoms with Crippen LogP contribution in [0.4, 0.5) is 5.69 Å². The van der Waals surface area contributed by atoms with Gasteiger partial charge in [-0.25, -0.2) is 9.97 Å². The van der Waals surface area contributed by atoms with Crippen LogP contribution in [0.15, 0.2) is 73.1 Å². The summed E-state index contributed by atoms with van der Waals surface area (Å²) < 4.78 is 0. The molecule has 0 unspecified atom stereocenters. The number of hydrogen-bond donors (Lipinski definition) is 0.